The summed E-state index contributed by atoms with van der Waals surface area (Å²) in [7, 11) is 0. The molecule has 2 atom stereocenters. The summed E-state index contributed by atoms with van der Waals surface area (Å²) in [5.74, 6) is 0.703. The summed E-state index contributed by atoms with van der Waals surface area (Å²) in [6.07, 6.45) is 0.628. The molecule has 0 amide bonds. The first-order valence-corrected chi connectivity index (χ1v) is 9.57. The number of nitrogens with zero attached hydrogens (tertiary/aromatic N) is 2. The van der Waals surface area contributed by atoms with E-state index < -0.39 is 12.2 Å². The molecular weight excluding hydrogens is 356 g/mol. The first-order chi connectivity index (χ1) is 13.7. The quantitative estimate of drug-likeness (QED) is 0.469. The minimum Gasteiger partial charge on any atom is -0.491 e. The van der Waals surface area contributed by atoms with Crippen molar-refractivity contribution >= 4 is 10.9 Å². The summed E-state index contributed by atoms with van der Waals surface area (Å²) < 4.78 is 7.60. The van der Waals surface area contributed by atoms with Crippen molar-refractivity contribution in [2.75, 3.05) is 32.8 Å². The van der Waals surface area contributed by atoms with Gasteiger partial charge >= 0.3 is 0 Å². The van der Waals surface area contributed by atoms with E-state index in [-0.39, 0.29) is 13.2 Å². The monoisotopic (exact) mass is 384 g/mol. The molecule has 0 spiro atoms. The molecule has 0 bridgehead atoms. The minimum absolute atomic E-state index is 0.0363. The Morgan fingerprint density at radius 2 is 1.61 bits per heavy atom. The molecule has 3 N–H and O–H groups in total. The van der Waals surface area contributed by atoms with Gasteiger partial charge in [-0.15, -0.1) is 0 Å². The van der Waals surface area contributed by atoms with Crippen LogP contribution in [0.25, 0.3) is 10.9 Å². The van der Waals surface area contributed by atoms with Gasteiger partial charge in [0, 0.05) is 37.9 Å². The van der Waals surface area contributed by atoms with Crippen LogP contribution in [0.1, 0.15) is 0 Å². The number of fused-ring (bicyclic) bond motifs is 1. The van der Waals surface area contributed by atoms with Crippen LogP contribution in [0.15, 0.2) is 66.9 Å². The van der Waals surface area contributed by atoms with Crippen molar-refractivity contribution in [3.8, 4) is 5.75 Å². The Labute approximate surface area is 165 Å². The maximum absolute atomic E-state index is 10.5. The van der Waals surface area contributed by atoms with Crippen LogP contribution in [-0.4, -0.2) is 69.8 Å². The Morgan fingerprint density at radius 3 is 2.39 bits per heavy atom. The number of hydrogen-bond donors (Lipinski definition) is 3. The number of para-hydroxylation sites is 2. The lowest BCUT2D eigenvalue weighted by Crippen LogP contribution is -2.42. The highest BCUT2D eigenvalue weighted by molar-refractivity contribution is 5.79. The Bertz CT molecular complexity index is 837. The molecule has 0 saturated carbocycles. The van der Waals surface area contributed by atoms with E-state index in [4.69, 9.17) is 4.74 Å². The molecule has 0 fully saturated rings. The van der Waals surface area contributed by atoms with Gasteiger partial charge in [0.15, 0.2) is 0 Å². The van der Waals surface area contributed by atoms with Crippen LogP contribution in [0.5, 0.6) is 5.75 Å². The molecule has 0 saturated heterocycles. The van der Waals surface area contributed by atoms with Crippen molar-refractivity contribution in [1.82, 2.24) is 9.47 Å². The van der Waals surface area contributed by atoms with Crippen molar-refractivity contribution in [2.45, 2.75) is 18.8 Å². The molecule has 28 heavy (non-hydrogen) atoms. The van der Waals surface area contributed by atoms with Crippen LogP contribution < -0.4 is 4.74 Å². The van der Waals surface area contributed by atoms with Crippen molar-refractivity contribution in [3.63, 3.8) is 0 Å². The van der Waals surface area contributed by atoms with Gasteiger partial charge in [0.05, 0.1) is 12.7 Å². The van der Waals surface area contributed by atoms with Crippen LogP contribution >= 0.6 is 0 Å². The Morgan fingerprint density at radius 1 is 0.893 bits per heavy atom. The van der Waals surface area contributed by atoms with E-state index in [9.17, 15) is 15.3 Å². The lowest BCUT2D eigenvalue weighted by atomic mass is 10.2. The largest absolute Gasteiger partial charge is 0.491 e. The number of aliphatic hydroxyl groups is 3. The molecule has 150 valence electrons. The molecule has 0 radical (unpaired) electrons. The molecule has 0 aliphatic carbocycles. The summed E-state index contributed by atoms with van der Waals surface area (Å²) in [5, 5.41) is 31.3. The number of benzene rings is 2. The molecule has 6 heteroatoms. The summed E-state index contributed by atoms with van der Waals surface area (Å²) in [4.78, 5) is 1.86. The summed E-state index contributed by atoms with van der Waals surface area (Å²) in [6.45, 7) is 1.62. The SMILES string of the molecule is OCCN(C[C@H](O)COc1ccccc1)C[C@H](O)Cn1ccc2ccccc21. The third-order valence-electron chi connectivity index (χ3n) is 4.63. The van der Waals surface area contributed by atoms with Gasteiger partial charge in [0.2, 0.25) is 0 Å². The number of aromatic nitrogens is 1. The number of rotatable bonds is 11. The van der Waals surface area contributed by atoms with E-state index in [1.54, 1.807) is 0 Å². The highest BCUT2D eigenvalue weighted by Gasteiger charge is 2.17. The van der Waals surface area contributed by atoms with Crippen LogP contribution in [0, 0.1) is 0 Å². The normalized spacial score (nSPS) is 13.7. The summed E-state index contributed by atoms with van der Waals surface area (Å²) in [5.41, 5.74) is 1.08. The van der Waals surface area contributed by atoms with E-state index >= 15 is 0 Å². The molecular formula is C22H28N2O4. The predicted octanol–water partition coefficient (Wildman–Crippen LogP) is 1.74. The van der Waals surface area contributed by atoms with E-state index in [2.05, 4.69) is 0 Å². The van der Waals surface area contributed by atoms with Crippen molar-refractivity contribution < 1.29 is 20.1 Å². The van der Waals surface area contributed by atoms with E-state index in [1.807, 2.05) is 76.3 Å². The molecule has 2 aromatic carbocycles. The molecule has 1 aromatic heterocycles. The van der Waals surface area contributed by atoms with E-state index in [1.165, 1.54) is 0 Å². The highest BCUT2D eigenvalue weighted by Crippen LogP contribution is 2.15. The van der Waals surface area contributed by atoms with Gasteiger partial charge in [-0.25, -0.2) is 0 Å². The topological polar surface area (TPSA) is 78.1 Å². The molecule has 3 aromatic rings. The van der Waals surface area contributed by atoms with Gasteiger partial charge in [-0.05, 0) is 29.7 Å². The lowest BCUT2D eigenvalue weighted by Gasteiger charge is -2.27. The van der Waals surface area contributed by atoms with Crippen molar-refractivity contribution in [1.29, 1.82) is 0 Å². The zero-order valence-corrected chi connectivity index (χ0v) is 15.9. The van der Waals surface area contributed by atoms with Gasteiger partial charge in [-0.1, -0.05) is 36.4 Å². The fraction of sp³-hybridized carbons (Fsp3) is 0.364. The zero-order valence-electron chi connectivity index (χ0n) is 15.9. The van der Waals surface area contributed by atoms with Gasteiger partial charge in [-0.2, -0.15) is 0 Å². The molecule has 3 rings (SSSR count). The minimum atomic E-state index is -0.716. The van der Waals surface area contributed by atoms with Gasteiger partial charge in [0.1, 0.15) is 18.5 Å². The second-order valence-electron chi connectivity index (χ2n) is 6.94. The Hall–Kier alpha value is -2.38. The summed E-state index contributed by atoms with van der Waals surface area (Å²) in [6, 6.07) is 19.4. The van der Waals surface area contributed by atoms with Crippen LogP contribution in [0.4, 0.5) is 0 Å². The van der Waals surface area contributed by atoms with Crippen molar-refractivity contribution in [3.05, 3.63) is 66.9 Å². The first kappa shape index (κ1) is 20.4. The summed E-state index contributed by atoms with van der Waals surface area (Å²) >= 11 is 0. The smallest absolute Gasteiger partial charge is 0.119 e. The third-order valence-corrected chi connectivity index (χ3v) is 4.63. The van der Waals surface area contributed by atoms with E-state index in [0.717, 1.165) is 10.9 Å². The average molecular weight is 384 g/mol. The Balaban J connectivity index is 1.51. The molecule has 6 nitrogen and oxygen atoms in total. The molecule has 0 aliphatic heterocycles. The molecule has 1 heterocycles. The number of aliphatic hydroxyl groups excluding tert-OH is 3. The van der Waals surface area contributed by atoms with Crippen LogP contribution in [-0.2, 0) is 6.54 Å². The van der Waals surface area contributed by atoms with Crippen LogP contribution in [0.3, 0.4) is 0 Å². The van der Waals surface area contributed by atoms with Crippen molar-refractivity contribution in [2.24, 2.45) is 0 Å². The third kappa shape index (κ3) is 5.81. The number of hydrogen-bond acceptors (Lipinski definition) is 5. The fourth-order valence-electron chi connectivity index (χ4n) is 3.34. The van der Waals surface area contributed by atoms with E-state index in [0.29, 0.717) is 31.9 Å². The van der Waals surface area contributed by atoms with Crippen LogP contribution in [0.2, 0.25) is 0 Å². The molecule has 0 unspecified atom stereocenters. The maximum atomic E-state index is 10.5. The number of ether oxygens (including phenoxy) is 1. The standard InChI is InChI=1S/C22H28N2O4/c25-13-12-23(15-20(27)17-28-21-7-2-1-3-8-21)14-19(26)16-24-11-10-18-6-4-5-9-22(18)24/h1-11,19-20,25-27H,12-17H2/t19-,20-/m0/s1. The average Bonchev–Trinajstić information content (AvgIpc) is 3.10. The second kappa shape index (κ2) is 10.2. The Kier molecular flexibility index (Phi) is 7.45. The highest BCUT2D eigenvalue weighted by atomic mass is 16.5. The molecule has 0 aliphatic rings. The zero-order chi connectivity index (χ0) is 19.8. The second-order valence-corrected chi connectivity index (χ2v) is 6.94. The maximum Gasteiger partial charge on any atom is 0.119 e. The van der Waals surface area contributed by atoms with Gasteiger partial charge < -0.3 is 24.6 Å². The van der Waals surface area contributed by atoms with Gasteiger partial charge in [-0.3, -0.25) is 4.90 Å². The fourth-order valence-corrected chi connectivity index (χ4v) is 3.34. The first-order valence-electron chi connectivity index (χ1n) is 9.57. The predicted molar refractivity (Wildman–Crippen MR) is 109 cm³/mol. The lowest BCUT2D eigenvalue weighted by molar-refractivity contribution is 0.0351. The van der Waals surface area contributed by atoms with Gasteiger partial charge in [0.25, 0.3) is 0 Å².